The van der Waals surface area contributed by atoms with Gasteiger partial charge in [-0.3, -0.25) is 0 Å². The highest BCUT2D eigenvalue weighted by molar-refractivity contribution is 7.99. The molecule has 0 aromatic carbocycles. The summed E-state index contributed by atoms with van der Waals surface area (Å²) in [5.41, 5.74) is 0.236. The minimum absolute atomic E-state index is 0.236. The fourth-order valence-electron chi connectivity index (χ4n) is 2.97. The van der Waals surface area contributed by atoms with Crippen LogP contribution in [0.25, 0.3) is 0 Å². The van der Waals surface area contributed by atoms with Crippen LogP contribution in [-0.4, -0.2) is 48.3 Å². The summed E-state index contributed by atoms with van der Waals surface area (Å²) < 4.78 is 6.10. The Morgan fingerprint density at radius 3 is 3.12 bits per heavy atom. The van der Waals surface area contributed by atoms with Crippen LogP contribution in [0.2, 0.25) is 0 Å². The van der Waals surface area contributed by atoms with Crippen LogP contribution in [0.4, 0.5) is 0 Å². The molecule has 2 nitrogen and oxygen atoms in total. The Bertz CT molecular complexity index is 231. The van der Waals surface area contributed by atoms with Gasteiger partial charge in [-0.25, -0.2) is 0 Å². The van der Waals surface area contributed by atoms with Crippen LogP contribution in [-0.2, 0) is 4.74 Å². The van der Waals surface area contributed by atoms with Gasteiger partial charge < -0.3 is 10.1 Å². The van der Waals surface area contributed by atoms with E-state index in [1.807, 2.05) is 0 Å². The van der Waals surface area contributed by atoms with Crippen LogP contribution in [0.3, 0.4) is 0 Å². The van der Waals surface area contributed by atoms with Gasteiger partial charge in [0.05, 0.1) is 5.60 Å². The number of nitrogens with one attached hydrogen (secondary N) is 1. The zero-order valence-corrected chi connectivity index (χ0v) is 12.7. The molecule has 0 aliphatic carbocycles. The SMILES string of the molecule is CCSCC(NC)C1CCOC2(CCSC2)C1. The van der Waals surface area contributed by atoms with Crippen LogP contribution in [0.15, 0.2) is 0 Å². The lowest BCUT2D eigenvalue weighted by Gasteiger charge is -2.40. The highest BCUT2D eigenvalue weighted by Gasteiger charge is 2.42. The zero-order valence-electron chi connectivity index (χ0n) is 11.0. The first-order valence-electron chi connectivity index (χ1n) is 6.76. The molecule has 100 valence electrons. The highest BCUT2D eigenvalue weighted by Crippen LogP contribution is 2.41. The Balaban J connectivity index is 1.90. The van der Waals surface area contributed by atoms with E-state index in [2.05, 4.69) is 42.8 Å². The zero-order chi connectivity index (χ0) is 12.1. The van der Waals surface area contributed by atoms with Crippen LogP contribution < -0.4 is 5.32 Å². The first-order chi connectivity index (χ1) is 8.29. The summed E-state index contributed by atoms with van der Waals surface area (Å²) in [5.74, 6) is 5.80. The number of hydrogen-bond donors (Lipinski definition) is 1. The van der Waals surface area contributed by atoms with Crippen molar-refractivity contribution in [1.82, 2.24) is 5.32 Å². The molecule has 1 N–H and O–H groups in total. The Kier molecular flexibility index (Phi) is 5.52. The molecule has 2 rings (SSSR count). The van der Waals surface area contributed by atoms with E-state index in [4.69, 9.17) is 4.74 Å². The average molecular weight is 275 g/mol. The number of hydrogen-bond acceptors (Lipinski definition) is 4. The van der Waals surface area contributed by atoms with E-state index in [1.165, 1.54) is 42.3 Å². The second kappa shape index (κ2) is 6.69. The first kappa shape index (κ1) is 14.0. The summed E-state index contributed by atoms with van der Waals surface area (Å²) in [6.45, 7) is 3.22. The summed E-state index contributed by atoms with van der Waals surface area (Å²) in [6, 6.07) is 0.673. The van der Waals surface area contributed by atoms with Gasteiger partial charge in [-0.15, -0.1) is 0 Å². The summed E-state index contributed by atoms with van der Waals surface area (Å²) >= 11 is 4.12. The molecule has 0 saturated carbocycles. The molecule has 4 heteroatoms. The van der Waals surface area contributed by atoms with Crippen molar-refractivity contribution in [1.29, 1.82) is 0 Å². The van der Waals surface area contributed by atoms with Crippen molar-refractivity contribution in [3.63, 3.8) is 0 Å². The lowest BCUT2D eigenvalue weighted by Crippen LogP contribution is -2.47. The standard InChI is InChI=1S/C13H25NOS2/c1-3-16-9-12(14-2)11-4-6-15-13(8-11)5-7-17-10-13/h11-12,14H,3-10H2,1-2H3. The maximum Gasteiger partial charge on any atom is 0.0783 e. The van der Waals surface area contributed by atoms with E-state index in [1.54, 1.807) is 0 Å². The normalized spacial score (nSPS) is 35.3. The third kappa shape index (κ3) is 3.55. The summed E-state index contributed by atoms with van der Waals surface area (Å²) in [6.07, 6.45) is 3.78. The van der Waals surface area contributed by atoms with Gasteiger partial charge in [-0.2, -0.15) is 23.5 Å². The molecular formula is C13H25NOS2. The predicted molar refractivity (Wildman–Crippen MR) is 79.2 cm³/mol. The third-order valence-corrected chi connectivity index (χ3v) is 6.27. The topological polar surface area (TPSA) is 21.3 Å². The third-order valence-electron chi connectivity index (χ3n) is 4.04. The number of thioether (sulfide) groups is 2. The second-order valence-corrected chi connectivity index (χ2v) is 7.57. The van der Waals surface area contributed by atoms with Gasteiger partial charge >= 0.3 is 0 Å². The largest absolute Gasteiger partial charge is 0.374 e. The van der Waals surface area contributed by atoms with Crippen molar-refractivity contribution in [2.24, 2.45) is 5.92 Å². The molecule has 0 amide bonds. The Morgan fingerprint density at radius 2 is 2.47 bits per heavy atom. The molecule has 2 aliphatic heterocycles. The van der Waals surface area contributed by atoms with Gasteiger partial charge in [0, 0.05) is 24.2 Å². The molecule has 0 aromatic heterocycles. The van der Waals surface area contributed by atoms with Crippen molar-refractivity contribution in [2.45, 2.75) is 37.8 Å². The van der Waals surface area contributed by atoms with Gasteiger partial charge in [0.25, 0.3) is 0 Å². The molecule has 2 aliphatic rings. The maximum absolute atomic E-state index is 6.10. The quantitative estimate of drug-likeness (QED) is 0.832. The van der Waals surface area contributed by atoms with Crippen LogP contribution in [0, 0.1) is 5.92 Å². The van der Waals surface area contributed by atoms with Crippen molar-refractivity contribution >= 4 is 23.5 Å². The minimum atomic E-state index is 0.236. The molecule has 2 heterocycles. The molecule has 3 unspecified atom stereocenters. The van der Waals surface area contributed by atoms with Crippen LogP contribution in [0.1, 0.15) is 26.2 Å². The first-order valence-corrected chi connectivity index (χ1v) is 9.07. The van der Waals surface area contributed by atoms with E-state index >= 15 is 0 Å². The van der Waals surface area contributed by atoms with Gasteiger partial charge in [-0.1, -0.05) is 6.92 Å². The fraction of sp³-hybridized carbons (Fsp3) is 1.00. The van der Waals surface area contributed by atoms with E-state index in [0.717, 1.165) is 12.5 Å². The Morgan fingerprint density at radius 1 is 1.59 bits per heavy atom. The van der Waals surface area contributed by atoms with Gasteiger partial charge in [0.1, 0.15) is 0 Å². The van der Waals surface area contributed by atoms with Crippen LogP contribution >= 0.6 is 23.5 Å². The Labute approximate surface area is 114 Å². The van der Waals surface area contributed by atoms with Crippen molar-refractivity contribution in [3.05, 3.63) is 0 Å². The maximum atomic E-state index is 6.10. The van der Waals surface area contributed by atoms with Crippen molar-refractivity contribution < 1.29 is 4.74 Å². The van der Waals surface area contributed by atoms with E-state index in [-0.39, 0.29) is 5.60 Å². The molecule has 3 atom stereocenters. The van der Waals surface area contributed by atoms with Gasteiger partial charge in [0.2, 0.25) is 0 Å². The molecule has 0 radical (unpaired) electrons. The van der Waals surface area contributed by atoms with Crippen molar-refractivity contribution in [3.8, 4) is 0 Å². The lowest BCUT2D eigenvalue weighted by molar-refractivity contribution is -0.0835. The molecule has 0 aromatic rings. The van der Waals surface area contributed by atoms with Gasteiger partial charge in [-0.05, 0) is 43.7 Å². The molecule has 2 fully saturated rings. The summed E-state index contributed by atoms with van der Waals surface area (Å²) in [4.78, 5) is 0. The van der Waals surface area contributed by atoms with Crippen molar-refractivity contribution in [2.75, 3.05) is 36.7 Å². The number of rotatable bonds is 5. The molecule has 2 saturated heterocycles. The van der Waals surface area contributed by atoms with E-state index < -0.39 is 0 Å². The number of ether oxygens (including phenoxy) is 1. The molecular weight excluding hydrogens is 250 g/mol. The lowest BCUT2D eigenvalue weighted by atomic mass is 9.82. The monoisotopic (exact) mass is 275 g/mol. The predicted octanol–water partition coefficient (Wildman–Crippen LogP) is 2.63. The Hall–Kier alpha value is 0.620. The van der Waals surface area contributed by atoms with E-state index in [9.17, 15) is 0 Å². The fourth-order valence-corrected chi connectivity index (χ4v) is 5.28. The smallest absolute Gasteiger partial charge is 0.0783 e. The van der Waals surface area contributed by atoms with Gasteiger partial charge in [0.15, 0.2) is 0 Å². The van der Waals surface area contributed by atoms with E-state index in [0.29, 0.717) is 6.04 Å². The molecule has 0 bridgehead atoms. The highest BCUT2D eigenvalue weighted by atomic mass is 32.2. The molecule has 1 spiro atoms. The molecule has 17 heavy (non-hydrogen) atoms. The summed E-state index contributed by atoms with van der Waals surface area (Å²) in [5, 5.41) is 3.53. The second-order valence-electron chi connectivity index (χ2n) is 5.14. The van der Waals surface area contributed by atoms with Crippen LogP contribution in [0.5, 0.6) is 0 Å². The average Bonchev–Trinajstić information content (AvgIpc) is 2.78. The minimum Gasteiger partial charge on any atom is -0.374 e. The summed E-state index contributed by atoms with van der Waals surface area (Å²) in [7, 11) is 2.12.